The van der Waals surface area contributed by atoms with E-state index in [2.05, 4.69) is 9.97 Å². The topological polar surface area (TPSA) is 55.2 Å². The quantitative estimate of drug-likeness (QED) is 0.857. The average molecular weight is 222 g/mol. The van der Waals surface area contributed by atoms with E-state index in [4.69, 9.17) is 4.74 Å². The summed E-state index contributed by atoms with van der Waals surface area (Å²) < 4.78 is 5.13. The van der Waals surface area contributed by atoms with E-state index in [0.29, 0.717) is 11.4 Å². The van der Waals surface area contributed by atoms with Gasteiger partial charge in [-0.2, -0.15) is 0 Å². The van der Waals surface area contributed by atoms with Gasteiger partial charge in [-0.25, -0.2) is 0 Å². The number of hydrogen-bond donors (Lipinski definition) is 1. The maximum absolute atomic E-state index is 10.0. The largest absolute Gasteiger partial charge is 0.495 e. The molecule has 0 amide bonds. The molecule has 5 heteroatoms. The van der Waals surface area contributed by atoms with Gasteiger partial charge in [-0.1, -0.05) is 0 Å². The zero-order valence-corrected chi connectivity index (χ0v) is 8.94. The van der Waals surface area contributed by atoms with Crippen LogP contribution in [-0.2, 0) is 0 Å². The van der Waals surface area contributed by atoms with Crippen LogP contribution in [0.5, 0.6) is 5.75 Å². The van der Waals surface area contributed by atoms with Crippen molar-refractivity contribution in [2.24, 2.45) is 0 Å². The van der Waals surface area contributed by atoms with Gasteiger partial charge >= 0.3 is 0 Å². The molecule has 15 heavy (non-hydrogen) atoms. The highest BCUT2D eigenvalue weighted by Crippen LogP contribution is 2.33. The zero-order valence-electron chi connectivity index (χ0n) is 8.12. The van der Waals surface area contributed by atoms with Gasteiger partial charge in [0.1, 0.15) is 11.9 Å². The molecule has 0 bridgehead atoms. The zero-order chi connectivity index (χ0) is 10.7. The van der Waals surface area contributed by atoms with Crippen molar-refractivity contribution in [2.45, 2.75) is 6.10 Å². The van der Waals surface area contributed by atoms with Crippen molar-refractivity contribution < 1.29 is 9.84 Å². The second-order valence-electron chi connectivity index (χ2n) is 2.89. The van der Waals surface area contributed by atoms with E-state index < -0.39 is 6.10 Å². The van der Waals surface area contributed by atoms with Gasteiger partial charge in [0, 0.05) is 12.4 Å². The SMILES string of the molecule is COc1ccsc1C(O)c1cnccn1. The first-order valence-corrected chi connectivity index (χ1v) is 5.26. The third kappa shape index (κ3) is 1.98. The van der Waals surface area contributed by atoms with Gasteiger partial charge in [-0.3, -0.25) is 9.97 Å². The average Bonchev–Trinajstić information content (AvgIpc) is 2.77. The van der Waals surface area contributed by atoms with Gasteiger partial charge in [0.2, 0.25) is 0 Å². The lowest BCUT2D eigenvalue weighted by Crippen LogP contribution is -2.02. The van der Waals surface area contributed by atoms with E-state index in [1.807, 2.05) is 11.4 Å². The van der Waals surface area contributed by atoms with Gasteiger partial charge in [0.15, 0.2) is 0 Å². The first-order chi connectivity index (χ1) is 7.33. The monoisotopic (exact) mass is 222 g/mol. The highest BCUT2D eigenvalue weighted by molar-refractivity contribution is 7.10. The molecule has 2 rings (SSSR count). The van der Waals surface area contributed by atoms with Crippen LogP contribution in [0, 0.1) is 0 Å². The normalized spacial score (nSPS) is 12.4. The van der Waals surface area contributed by atoms with Crippen LogP contribution in [0.15, 0.2) is 30.0 Å². The number of aromatic nitrogens is 2. The Bertz CT molecular complexity index is 430. The predicted octanol–water partition coefficient (Wildman–Crippen LogP) is 1.63. The number of nitrogens with zero attached hydrogens (tertiary/aromatic N) is 2. The summed E-state index contributed by atoms with van der Waals surface area (Å²) in [5.41, 5.74) is 0.526. The fraction of sp³-hybridized carbons (Fsp3) is 0.200. The molecule has 1 unspecified atom stereocenters. The first kappa shape index (κ1) is 10.1. The fourth-order valence-corrected chi connectivity index (χ4v) is 2.12. The Morgan fingerprint density at radius 3 is 3.00 bits per heavy atom. The maximum Gasteiger partial charge on any atom is 0.135 e. The van der Waals surface area contributed by atoms with Gasteiger partial charge in [-0.15, -0.1) is 11.3 Å². The summed E-state index contributed by atoms with van der Waals surface area (Å²) in [6, 6.07) is 1.82. The molecule has 0 fully saturated rings. The molecule has 2 aromatic rings. The van der Waals surface area contributed by atoms with Crippen LogP contribution in [0.4, 0.5) is 0 Å². The van der Waals surface area contributed by atoms with Crippen LogP contribution in [0.1, 0.15) is 16.7 Å². The molecular formula is C10H10N2O2S. The third-order valence-electron chi connectivity index (χ3n) is 1.99. The van der Waals surface area contributed by atoms with E-state index in [-0.39, 0.29) is 0 Å². The van der Waals surface area contributed by atoms with Crippen molar-refractivity contribution in [2.75, 3.05) is 7.11 Å². The van der Waals surface area contributed by atoms with E-state index in [9.17, 15) is 5.11 Å². The standard InChI is InChI=1S/C10H10N2O2S/c1-14-8-2-5-15-10(8)9(13)7-6-11-3-4-12-7/h2-6,9,13H,1H3. The minimum atomic E-state index is -0.770. The molecule has 0 aliphatic heterocycles. The summed E-state index contributed by atoms with van der Waals surface area (Å²) in [6.45, 7) is 0. The maximum atomic E-state index is 10.0. The number of aliphatic hydroxyl groups excluding tert-OH is 1. The Balaban J connectivity index is 2.32. The number of thiophene rings is 1. The van der Waals surface area contributed by atoms with Crippen molar-refractivity contribution in [1.82, 2.24) is 9.97 Å². The van der Waals surface area contributed by atoms with Crippen LogP contribution in [0.2, 0.25) is 0 Å². The Labute approximate surface area is 91.2 Å². The van der Waals surface area contributed by atoms with E-state index in [1.54, 1.807) is 25.7 Å². The molecular weight excluding hydrogens is 212 g/mol. The summed E-state index contributed by atoms with van der Waals surface area (Å²) in [4.78, 5) is 8.71. The lowest BCUT2D eigenvalue weighted by Gasteiger charge is -2.09. The molecule has 0 radical (unpaired) electrons. The molecule has 0 saturated heterocycles. The lowest BCUT2D eigenvalue weighted by molar-refractivity contribution is 0.214. The van der Waals surface area contributed by atoms with Crippen LogP contribution in [0.25, 0.3) is 0 Å². The Morgan fingerprint density at radius 2 is 2.33 bits per heavy atom. The number of aliphatic hydroxyl groups is 1. The number of rotatable bonds is 3. The summed E-state index contributed by atoms with van der Waals surface area (Å²) in [5.74, 6) is 0.679. The molecule has 0 aliphatic rings. The Morgan fingerprint density at radius 1 is 1.47 bits per heavy atom. The highest BCUT2D eigenvalue weighted by Gasteiger charge is 2.17. The molecule has 4 nitrogen and oxygen atoms in total. The van der Waals surface area contributed by atoms with Crippen molar-refractivity contribution in [3.8, 4) is 5.75 Å². The number of ether oxygens (including phenoxy) is 1. The van der Waals surface area contributed by atoms with Crippen molar-refractivity contribution in [3.05, 3.63) is 40.6 Å². The Hall–Kier alpha value is -1.46. The highest BCUT2D eigenvalue weighted by atomic mass is 32.1. The smallest absolute Gasteiger partial charge is 0.135 e. The van der Waals surface area contributed by atoms with E-state index >= 15 is 0 Å². The molecule has 0 aromatic carbocycles. The molecule has 0 spiro atoms. The first-order valence-electron chi connectivity index (χ1n) is 4.38. The predicted molar refractivity (Wildman–Crippen MR) is 57.0 cm³/mol. The molecule has 2 aromatic heterocycles. The molecule has 78 valence electrons. The number of methoxy groups -OCH3 is 1. The minimum absolute atomic E-state index is 0.526. The van der Waals surface area contributed by atoms with Crippen molar-refractivity contribution in [3.63, 3.8) is 0 Å². The Kier molecular flexibility index (Phi) is 2.94. The molecule has 1 N–H and O–H groups in total. The van der Waals surface area contributed by atoms with Crippen molar-refractivity contribution in [1.29, 1.82) is 0 Å². The van der Waals surface area contributed by atoms with Gasteiger partial charge < -0.3 is 9.84 Å². The molecule has 0 saturated carbocycles. The second-order valence-corrected chi connectivity index (χ2v) is 3.83. The molecule has 1 atom stereocenters. The molecule has 2 heterocycles. The van der Waals surface area contributed by atoms with Gasteiger partial charge in [0.05, 0.1) is 23.9 Å². The van der Waals surface area contributed by atoms with E-state index in [0.717, 1.165) is 4.88 Å². The summed E-state index contributed by atoms with van der Waals surface area (Å²) >= 11 is 1.43. The van der Waals surface area contributed by atoms with Crippen LogP contribution in [0.3, 0.4) is 0 Å². The van der Waals surface area contributed by atoms with E-state index in [1.165, 1.54) is 11.3 Å². The number of hydrogen-bond acceptors (Lipinski definition) is 5. The van der Waals surface area contributed by atoms with Crippen molar-refractivity contribution >= 4 is 11.3 Å². The summed E-state index contributed by atoms with van der Waals surface area (Å²) in [7, 11) is 1.58. The second kappa shape index (κ2) is 4.37. The summed E-state index contributed by atoms with van der Waals surface area (Å²) in [5, 5.41) is 11.9. The lowest BCUT2D eigenvalue weighted by atomic mass is 10.2. The van der Waals surface area contributed by atoms with Crippen LogP contribution < -0.4 is 4.74 Å². The summed E-state index contributed by atoms with van der Waals surface area (Å²) in [6.07, 6.45) is 3.90. The molecule has 0 aliphatic carbocycles. The van der Waals surface area contributed by atoms with Gasteiger partial charge in [0.25, 0.3) is 0 Å². The van der Waals surface area contributed by atoms with Gasteiger partial charge in [-0.05, 0) is 11.4 Å². The van der Waals surface area contributed by atoms with Crippen LogP contribution in [-0.4, -0.2) is 22.2 Å². The third-order valence-corrected chi connectivity index (χ3v) is 2.94. The van der Waals surface area contributed by atoms with Crippen LogP contribution >= 0.6 is 11.3 Å². The fourth-order valence-electron chi connectivity index (χ4n) is 1.26. The minimum Gasteiger partial charge on any atom is -0.495 e.